The molecule has 1 aromatic carbocycles. The summed E-state index contributed by atoms with van der Waals surface area (Å²) in [6, 6.07) is 12.1. The Bertz CT molecular complexity index is 2120. The van der Waals surface area contributed by atoms with Gasteiger partial charge in [0.15, 0.2) is 11.9 Å². The topological polar surface area (TPSA) is 181 Å². The maximum Gasteiger partial charge on any atom is 0.410 e. The number of methoxy groups -OCH3 is 1. The zero-order valence-electron chi connectivity index (χ0n) is 40.8. The van der Waals surface area contributed by atoms with Crippen LogP contribution in [0.15, 0.2) is 55.0 Å². The molecule has 14 atom stereocenters. The zero-order chi connectivity index (χ0) is 48.1. The number of hydrogen-bond donors (Lipinski definition) is 1. The van der Waals surface area contributed by atoms with E-state index in [1.54, 1.807) is 50.1 Å². The van der Waals surface area contributed by atoms with Crippen molar-refractivity contribution in [3.05, 3.63) is 60.7 Å². The van der Waals surface area contributed by atoms with Crippen LogP contribution in [0.4, 0.5) is 4.79 Å². The lowest BCUT2D eigenvalue weighted by Gasteiger charge is -2.48. The first kappa shape index (κ1) is 50.9. The molecule has 6 rings (SSSR count). The molecule has 66 heavy (non-hydrogen) atoms. The molecule has 3 aliphatic rings. The smallest absolute Gasteiger partial charge is 0.410 e. The van der Waals surface area contributed by atoms with Crippen molar-refractivity contribution in [3.63, 3.8) is 0 Å². The van der Waals surface area contributed by atoms with E-state index >= 15 is 4.79 Å². The van der Waals surface area contributed by atoms with Gasteiger partial charge in [0.2, 0.25) is 0 Å². The van der Waals surface area contributed by atoms with Crippen molar-refractivity contribution in [2.24, 2.45) is 23.7 Å². The van der Waals surface area contributed by atoms with Crippen molar-refractivity contribution in [1.29, 1.82) is 0 Å². The third-order valence-corrected chi connectivity index (χ3v) is 14.6. The molecule has 2 aromatic heterocycles. The number of nitrogens with zero attached hydrogens (tertiary/aromatic N) is 5. The number of esters is 2. The third kappa shape index (κ3) is 10.8. The second-order valence-electron chi connectivity index (χ2n) is 19.3. The number of para-hydroxylation sites is 2. The van der Waals surface area contributed by atoms with Crippen molar-refractivity contribution < 1.29 is 52.7 Å². The van der Waals surface area contributed by atoms with E-state index in [1.165, 1.54) is 7.11 Å². The summed E-state index contributed by atoms with van der Waals surface area (Å²) in [5.41, 5.74) is -0.319. The Morgan fingerprint density at radius 1 is 0.970 bits per heavy atom. The number of unbranched alkanes of at least 4 members (excludes halogenated alkanes) is 1. The Balaban J connectivity index is 1.37. The van der Waals surface area contributed by atoms with Crippen LogP contribution in [0.1, 0.15) is 100 Å². The molecule has 0 aliphatic carbocycles. The number of likely N-dealkylation sites (N-methyl/N-ethyl adjacent to an activating group) is 1. The number of cyclic esters (lactones) is 1. The fraction of sp³-hybridized carbons (Fsp3) is 0.680. The van der Waals surface area contributed by atoms with Crippen LogP contribution in [0, 0.1) is 23.7 Å². The van der Waals surface area contributed by atoms with E-state index in [1.807, 2.05) is 79.2 Å². The van der Waals surface area contributed by atoms with Gasteiger partial charge in [-0.3, -0.25) is 19.4 Å². The molecule has 1 amide bonds. The first-order chi connectivity index (χ1) is 31.4. The van der Waals surface area contributed by atoms with Crippen LogP contribution in [0.5, 0.6) is 0 Å². The van der Waals surface area contributed by atoms with Crippen molar-refractivity contribution >= 4 is 34.8 Å². The first-order valence-corrected chi connectivity index (χ1v) is 23.8. The number of fused-ring (bicyclic) bond motifs is 2. The lowest BCUT2D eigenvalue weighted by atomic mass is 9.73. The Morgan fingerprint density at radius 2 is 1.68 bits per heavy atom. The van der Waals surface area contributed by atoms with Gasteiger partial charge >= 0.3 is 18.0 Å². The van der Waals surface area contributed by atoms with Gasteiger partial charge in [-0.15, -0.1) is 0 Å². The number of pyridine rings is 1. The van der Waals surface area contributed by atoms with E-state index in [4.69, 9.17) is 28.4 Å². The van der Waals surface area contributed by atoms with Crippen LogP contribution in [-0.2, 0) is 55.8 Å². The number of aromatic nitrogens is 3. The monoisotopic (exact) mass is 920 g/mol. The fourth-order valence-corrected chi connectivity index (χ4v) is 10.8. The van der Waals surface area contributed by atoms with Gasteiger partial charge in [-0.1, -0.05) is 52.8 Å². The number of amides is 1. The second-order valence-corrected chi connectivity index (χ2v) is 19.3. The fourth-order valence-electron chi connectivity index (χ4n) is 10.8. The molecule has 5 heterocycles. The lowest BCUT2D eigenvalue weighted by molar-refractivity contribution is -0.302. The van der Waals surface area contributed by atoms with Gasteiger partial charge in [0.05, 0.1) is 59.2 Å². The third-order valence-electron chi connectivity index (χ3n) is 14.6. The first-order valence-electron chi connectivity index (χ1n) is 23.8. The van der Waals surface area contributed by atoms with E-state index < -0.39 is 89.7 Å². The molecule has 0 radical (unpaired) electrons. The molecule has 0 spiro atoms. The number of hydrogen-bond acceptors (Lipinski definition) is 14. The highest BCUT2D eigenvalue weighted by atomic mass is 16.7. The van der Waals surface area contributed by atoms with Crippen molar-refractivity contribution in [2.45, 2.75) is 167 Å². The molecule has 16 nitrogen and oxygen atoms in total. The minimum Gasteiger partial charge on any atom is -0.461 e. The van der Waals surface area contributed by atoms with E-state index in [-0.39, 0.29) is 37.2 Å². The van der Waals surface area contributed by atoms with Crippen molar-refractivity contribution in [3.8, 4) is 0 Å². The number of Topliss-reactive ketones (excluding diaryl/α,β-unsaturated/α-hetero) is 1. The summed E-state index contributed by atoms with van der Waals surface area (Å²) in [5, 5.41) is 11.9. The molecular formula is C50H73N5O11. The standard InChI is InChI=1S/C50H73N5O11/c1-12-39-50(9)44(55(48(60)66-50)25-19-18-24-54-29-52-36-21-14-15-22-37(36)54)32(5)41(57)30(3)28-49(8,61-11)45(65-47-42(58)38(53(10)13-2)26-31(4)62-47)33(6)43(34(7)46(59)63-39)64-40(56)27-35-20-16-17-23-51-35/h14-17,20-23,29-34,38-39,42-45,47,58H,12-13,18-19,24-28H2,1-11H3/t30-,31+,32+,33+,34-,38-,39-,42+,43+,44-,45-,47-,49-,50-/m1/s1. The molecule has 1 N–H and O–H groups in total. The maximum atomic E-state index is 15.0. The van der Waals surface area contributed by atoms with E-state index in [0.717, 1.165) is 17.5 Å². The highest BCUT2D eigenvalue weighted by Gasteiger charge is 2.60. The summed E-state index contributed by atoms with van der Waals surface area (Å²) in [6.07, 6.45) is -0.771. The van der Waals surface area contributed by atoms with Gasteiger partial charge in [0.25, 0.3) is 0 Å². The number of imidazole rings is 1. The van der Waals surface area contributed by atoms with Crippen LogP contribution >= 0.6 is 0 Å². The van der Waals surface area contributed by atoms with Crippen LogP contribution in [0.3, 0.4) is 0 Å². The largest absolute Gasteiger partial charge is 0.461 e. The van der Waals surface area contributed by atoms with Gasteiger partial charge in [-0.25, -0.2) is 9.78 Å². The minimum absolute atomic E-state index is 0.125. The van der Waals surface area contributed by atoms with Crippen LogP contribution in [0.2, 0.25) is 0 Å². The van der Waals surface area contributed by atoms with Gasteiger partial charge in [0.1, 0.15) is 24.1 Å². The molecule has 364 valence electrons. The molecule has 16 heteroatoms. The molecule has 0 bridgehead atoms. The van der Waals surface area contributed by atoms with Gasteiger partial charge in [0, 0.05) is 50.2 Å². The normalized spacial score (nSPS) is 34.7. The zero-order valence-corrected chi connectivity index (χ0v) is 40.8. The van der Waals surface area contributed by atoms with Gasteiger partial charge in [-0.2, -0.15) is 0 Å². The highest BCUT2D eigenvalue weighted by Crippen LogP contribution is 2.44. The Morgan fingerprint density at radius 3 is 2.36 bits per heavy atom. The second kappa shape index (κ2) is 21.6. The predicted molar refractivity (Wildman–Crippen MR) is 246 cm³/mol. The summed E-state index contributed by atoms with van der Waals surface area (Å²) in [7, 11) is 3.47. The number of carbonyl (C=O) groups excluding carboxylic acids is 4. The van der Waals surface area contributed by atoms with Crippen LogP contribution < -0.4 is 0 Å². The number of ether oxygens (including phenoxy) is 6. The Kier molecular flexibility index (Phi) is 16.7. The van der Waals surface area contributed by atoms with Crippen LogP contribution in [0.25, 0.3) is 11.0 Å². The average molecular weight is 920 g/mol. The van der Waals surface area contributed by atoms with Crippen LogP contribution in [-0.4, -0.2) is 141 Å². The maximum absolute atomic E-state index is 15.0. The predicted octanol–water partition coefficient (Wildman–Crippen LogP) is 6.39. The molecule has 3 aromatic rings. The van der Waals surface area contributed by atoms with E-state index in [9.17, 15) is 19.5 Å². The molecular weight excluding hydrogens is 847 g/mol. The molecule has 0 saturated carbocycles. The summed E-state index contributed by atoms with van der Waals surface area (Å²) < 4.78 is 40.8. The highest BCUT2D eigenvalue weighted by molar-refractivity contribution is 5.85. The number of ketones is 1. The molecule has 0 unspecified atom stereocenters. The Labute approximate surface area is 390 Å². The number of aliphatic hydroxyl groups excluding tert-OH is 1. The molecule has 3 saturated heterocycles. The van der Waals surface area contributed by atoms with Gasteiger partial charge in [-0.05, 0) is 97.7 Å². The molecule has 3 fully saturated rings. The summed E-state index contributed by atoms with van der Waals surface area (Å²) >= 11 is 0. The average Bonchev–Trinajstić information content (AvgIpc) is 3.83. The summed E-state index contributed by atoms with van der Waals surface area (Å²) in [6.45, 7) is 18.1. The quantitative estimate of drug-likeness (QED) is 0.107. The number of aliphatic hydroxyl groups is 1. The number of benzene rings is 1. The number of aryl methyl sites for hydroxylation is 1. The minimum atomic E-state index is -1.43. The van der Waals surface area contributed by atoms with Gasteiger partial charge < -0.3 is 47.9 Å². The van der Waals surface area contributed by atoms with Crippen molar-refractivity contribution in [1.82, 2.24) is 24.3 Å². The number of rotatable bonds is 14. The summed E-state index contributed by atoms with van der Waals surface area (Å²) in [5.74, 6) is -4.80. The van der Waals surface area contributed by atoms with E-state index in [2.05, 4.69) is 19.4 Å². The number of carbonyl (C=O) groups is 4. The summed E-state index contributed by atoms with van der Waals surface area (Å²) in [4.78, 5) is 70.3. The lowest BCUT2D eigenvalue weighted by Crippen LogP contribution is -2.61. The van der Waals surface area contributed by atoms with Crippen molar-refractivity contribution in [2.75, 3.05) is 27.2 Å². The van der Waals surface area contributed by atoms with E-state index in [0.29, 0.717) is 38.2 Å². The Hall–Kier alpha value is -4.48. The molecule has 3 aliphatic heterocycles. The SMILES string of the molecule is CC[C@H]1OC(=O)[C@H](C)[C@@H](OC(=O)Cc2ccccn2)[C@H](C)[C@@H](O[C@H]2O[C@@H](C)C[C@@H](N(C)CC)[C@@H]2O)[C@](C)(OC)C[C@@H](C)C(=O)[C@H](C)[C@H]2N(CCCCn3cnc4ccccc43)C(=O)O[C@]12C.